The number of fused-ring (bicyclic) bond motifs is 1. The third-order valence-electron chi connectivity index (χ3n) is 5.79. The summed E-state index contributed by atoms with van der Waals surface area (Å²) >= 11 is 1.39. The Balaban J connectivity index is 1.62. The van der Waals surface area contributed by atoms with Crippen LogP contribution in [-0.2, 0) is 0 Å². The molecule has 4 aromatic rings. The lowest BCUT2D eigenvalue weighted by Crippen LogP contribution is -2.45. The van der Waals surface area contributed by atoms with Crippen molar-refractivity contribution in [3.8, 4) is 27.6 Å². The zero-order valence-corrected chi connectivity index (χ0v) is 18.0. The van der Waals surface area contributed by atoms with Crippen molar-refractivity contribution >= 4 is 28.1 Å². The number of aromatic nitrogens is 2. The number of carbonyl (C=O) groups is 1. The zero-order valence-electron chi connectivity index (χ0n) is 17.1. The van der Waals surface area contributed by atoms with Gasteiger partial charge in [-0.2, -0.15) is 10.4 Å². The van der Waals surface area contributed by atoms with Crippen LogP contribution < -0.4 is 5.73 Å². The van der Waals surface area contributed by atoms with Crippen LogP contribution in [0.3, 0.4) is 0 Å². The van der Waals surface area contributed by atoms with Crippen LogP contribution >= 0.6 is 11.3 Å². The Morgan fingerprint density at radius 2 is 2.09 bits per heavy atom. The predicted molar refractivity (Wildman–Crippen MR) is 123 cm³/mol. The van der Waals surface area contributed by atoms with Gasteiger partial charge in [-0.25, -0.2) is 4.39 Å². The third-order valence-corrected chi connectivity index (χ3v) is 6.96. The smallest absolute Gasteiger partial charge is 0.264 e. The average molecular weight is 446 g/mol. The molecule has 5 rings (SSSR count). The van der Waals surface area contributed by atoms with Crippen molar-refractivity contribution in [3.63, 3.8) is 0 Å². The third kappa shape index (κ3) is 3.66. The molecule has 1 atom stereocenters. The average Bonchev–Trinajstić information content (AvgIpc) is 3.45. The summed E-state index contributed by atoms with van der Waals surface area (Å²) in [5.41, 5.74) is 9.27. The summed E-state index contributed by atoms with van der Waals surface area (Å²) in [7, 11) is 0. The van der Waals surface area contributed by atoms with E-state index in [0.29, 0.717) is 23.5 Å². The van der Waals surface area contributed by atoms with Crippen LogP contribution in [0.5, 0.6) is 0 Å². The summed E-state index contributed by atoms with van der Waals surface area (Å²) in [6.45, 7) is 1.22. The second kappa shape index (κ2) is 8.19. The monoisotopic (exact) mass is 445 g/mol. The van der Waals surface area contributed by atoms with Crippen molar-refractivity contribution < 1.29 is 9.18 Å². The number of nitrogens with two attached hydrogens (primary N) is 1. The van der Waals surface area contributed by atoms with Crippen LogP contribution in [0.15, 0.2) is 48.7 Å². The van der Waals surface area contributed by atoms with Gasteiger partial charge in [-0.1, -0.05) is 12.1 Å². The minimum atomic E-state index is -0.581. The summed E-state index contributed by atoms with van der Waals surface area (Å²) in [6.07, 6.45) is 3.55. The summed E-state index contributed by atoms with van der Waals surface area (Å²) in [5, 5.41) is 17.0. The second-order valence-electron chi connectivity index (χ2n) is 7.99. The number of piperidine rings is 1. The summed E-state index contributed by atoms with van der Waals surface area (Å²) < 4.78 is 14.4. The lowest BCUT2D eigenvalue weighted by molar-refractivity contribution is 0.0714. The van der Waals surface area contributed by atoms with E-state index in [1.165, 1.54) is 23.5 Å². The molecule has 1 aliphatic heterocycles. The first kappa shape index (κ1) is 20.4. The molecule has 1 aliphatic rings. The summed E-state index contributed by atoms with van der Waals surface area (Å²) in [6, 6.07) is 14.1. The highest BCUT2D eigenvalue weighted by atomic mass is 32.1. The molecule has 0 saturated carbocycles. The van der Waals surface area contributed by atoms with E-state index >= 15 is 0 Å². The minimum Gasteiger partial charge on any atom is -0.336 e. The lowest BCUT2D eigenvalue weighted by atomic mass is 10.00. The first-order valence-electron chi connectivity index (χ1n) is 10.4. The highest BCUT2D eigenvalue weighted by Gasteiger charge is 2.25. The fourth-order valence-electron chi connectivity index (χ4n) is 4.13. The number of likely N-dealkylation sites (tertiary alicyclic amines) is 1. The Morgan fingerprint density at radius 1 is 1.25 bits per heavy atom. The molecule has 0 radical (unpaired) electrons. The molecule has 0 aliphatic carbocycles. The van der Waals surface area contributed by atoms with E-state index in [2.05, 4.69) is 10.2 Å². The second-order valence-corrected chi connectivity index (χ2v) is 9.04. The SMILES string of the molecule is N#Cc1ccc(-c2cc(C(=O)N3CCCC(N)C3)sc2-c2ccc3[nH]ncc3c2)cc1F. The largest absolute Gasteiger partial charge is 0.336 e. The molecule has 8 heteroatoms. The number of halogens is 1. The van der Waals surface area contributed by atoms with Gasteiger partial charge in [0.2, 0.25) is 0 Å². The van der Waals surface area contributed by atoms with Gasteiger partial charge in [0, 0.05) is 35.0 Å². The molecular weight excluding hydrogens is 425 g/mol. The van der Waals surface area contributed by atoms with Crippen LogP contribution in [0.4, 0.5) is 4.39 Å². The molecule has 1 unspecified atom stereocenters. The quantitative estimate of drug-likeness (QED) is 0.484. The Kier molecular flexibility index (Phi) is 5.21. The van der Waals surface area contributed by atoms with Crippen molar-refractivity contribution in [1.29, 1.82) is 5.26 Å². The Bertz CT molecular complexity index is 1370. The van der Waals surface area contributed by atoms with E-state index in [9.17, 15) is 9.18 Å². The number of nitrogens with one attached hydrogen (secondary N) is 1. The van der Waals surface area contributed by atoms with Gasteiger partial charge in [0.25, 0.3) is 5.91 Å². The van der Waals surface area contributed by atoms with Gasteiger partial charge in [0.15, 0.2) is 0 Å². The normalized spacial score (nSPS) is 16.3. The number of carbonyl (C=O) groups excluding carboxylic acids is 1. The summed E-state index contributed by atoms with van der Waals surface area (Å²) in [4.78, 5) is 16.5. The van der Waals surface area contributed by atoms with Gasteiger partial charge < -0.3 is 10.6 Å². The summed E-state index contributed by atoms with van der Waals surface area (Å²) in [5.74, 6) is -0.640. The molecule has 6 nitrogen and oxygen atoms in total. The number of nitriles is 1. The van der Waals surface area contributed by atoms with Crippen LogP contribution in [-0.4, -0.2) is 40.1 Å². The Hall–Kier alpha value is -3.54. The molecule has 32 heavy (non-hydrogen) atoms. The number of hydrogen-bond acceptors (Lipinski definition) is 5. The molecule has 1 amide bonds. The number of rotatable bonds is 3. The van der Waals surface area contributed by atoms with Gasteiger partial charge in [-0.05, 0) is 54.3 Å². The first-order chi connectivity index (χ1) is 15.5. The number of benzene rings is 2. The molecule has 3 N–H and O–H groups in total. The van der Waals surface area contributed by atoms with Gasteiger partial charge in [0.1, 0.15) is 11.9 Å². The van der Waals surface area contributed by atoms with Crippen LogP contribution in [0.25, 0.3) is 32.5 Å². The predicted octanol–water partition coefficient (Wildman–Crippen LogP) is 4.53. The molecule has 3 heterocycles. The van der Waals surface area contributed by atoms with Crippen molar-refractivity contribution in [2.24, 2.45) is 5.73 Å². The highest BCUT2D eigenvalue weighted by Crippen LogP contribution is 2.41. The van der Waals surface area contributed by atoms with Crippen molar-refractivity contribution in [1.82, 2.24) is 15.1 Å². The van der Waals surface area contributed by atoms with Gasteiger partial charge in [0.05, 0.1) is 22.2 Å². The van der Waals surface area contributed by atoms with E-state index in [-0.39, 0.29) is 17.5 Å². The molecule has 0 bridgehead atoms. The Morgan fingerprint density at radius 3 is 2.88 bits per heavy atom. The molecule has 0 spiro atoms. The number of H-pyrrole nitrogens is 1. The van der Waals surface area contributed by atoms with Crippen LogP contribution in [0, 0.1) is 17.1 Å². The van der Waals surface area contributed by atoms with Gasteiger partial charge >= 0.3 is 0 Å². The van der Waals surface area contributed by atoms with Gasteiger partial charge in [-0.15, -0.1) is 11.3 Å². The number of amides is 1. The number of nitrogens with zero attached hydrogens (tertiary/aromatic N) is 3. The molecule has 2 aromatic carbocycles. The van der Waals surface area contributed by atoms with E-state index in [1.807, 2.05) is 30.3 Å². The fourth-order valence-corrected chi connectivity index (χ4v) is 5.28. The maximum absolute atomic E-state index is 14.4. The van der Waals surface area contributed by atoms with E-state index in [0.717, 1.165) is 39.7 Å². The molecule has 1 fully saturated rings. The fraction of sp³-hybridized carbons (Fsp3) is 0.208. The Labute approximate surface area is 188 Å². The number of aromatic amines is 1. The van der Waals surface area contributed by atoms with E-state index < -0.39 is 5.82 Å². The van der Waals surface area contributed by atoms with Crippen LogP contribution in [0.2, 0.25) is 0 Å². The van der Waals surface area contributed by atoms with E-state index in [4.69, 9.17) is 11.0 Å². The van der Waals surface area contributed by atoms with Crippen molar-refractivity contribution in [3.05, 3.63) is 64.9 Å². The van der Waals surface area contributed by atoms with Crippen molar-refractivity contribution in [2.45, 2.75) is 18.9 Å². The first-order valence-corrected chi connectivity index (χ1v) is 11.2. The van der Waals surface area contributed by atoms with E-state index in [1.54, 1.807) is 17.2 Å². The maximum atomic E-state index is 14.4. The lowest BCUT2D eigenvalue weighted by Gasteiger charge is -2.30. The number of hydrogen-bond donors (Lipinski definition) is 2. The highest BCUT2D eigenvalue weighted by molar-refractivity contribution is 7.18. The zero-order chi connectivity index (χ0) is 22.2. The van der Waals surface area contributed by atoms with Crippen molar-refractivity contribution in [2.75, 3.05) is 13.1 Å². The standard InChI is InChI=1S/C24H20FN5OS/c25-20-9-14(3-4-16(20)11-26)19-10-22(24(31)30-7-1-2-18(27)13-30)32-23(19)15-5-6-21-17(8-15)12-28-29-21/h3-6,8-10,12,18H,1-2,7,13,27H2,(H,28,29). The topological polar surface area (TPSA) is 98.8 Å². The molecule has 1 saturated heterocycles. The number of thiophene rings is 1. The van der Waals surface area contributed by atoms with Crippen LogP contribution in [0.1, 0.15) is 28.1 Å². The molecule has 2 aromatic heterocycles. The van der Waals surface area contributed by atoms with Gasteiger partial charge in [-0.3, -0.25) is 9.89 Å². The minimum absolute atomic E-state index is 0.0102. The molecule has 160 valence electrons. The molecular formula is C24H20FN5OS. The maximum Gasteiger partial charge on any atom is 0.264 e.